The lowest BCUT2D eigenvalue weighted by Crippen LogP contribution is -1.96. The maximum absolute atomic E-state index is 2.56. The standard InChI is InChI=1S/C50H30N2/c1-2-12-31(13-3-1)33-15-10-17-35(28-33)51-44-23-9-8-21-41(44)49-46(51)27-25-42-48-37-18-5-4-14-32(37)24-26-45(48)52(50(42)49)36-29-34-16-11-22-40-38-19-6-7-20-39(38)43(30-36)47(34)40/h1-30H. The van der Waals surface area contributed by atoms with Crippen molar-refractivity contribution in [3.63, 3.8) is 0 Å². The lowest BCUT2D eigenvalue weighted by molar-refractivity contribution is 1.18. The first-order valence-corrected chi connectivity index (χ1v) is 18.0. The highest BCUT2D eigenvalue weighted by Crippen LogP contribution is 2.50. The van der Waals surface area contributed by atoms with Gasteiger partial charge in [-0.05, 0) is 97.4 Å². The van der Waals surface area contributed by atoms with E-state index in [0.717, 1.165) is 5.69 Å². The molecule has 11 aromatic rings. The van der Waals surface area contributed by atoms with E-state index >= 15 is 0 Å². The van der Waals surface area contributed by atoms with Crippen LogP contribution < -0.4 is 0 Å². The monoisotopic (exact) mass is 658 g/mol. The third-order valence-corrected chi connectivity index (χ3v) is 11.4. The number of hydrogen-bond donors (Lipinski definition) is 0. The quantitative estimate of drug-likeness (QED) is 0.179. The predicted octanol–water partition coefficient (Wildman–Crippen LogP) is 13.5. The van der Waals surface area contributed by atoms with E-state index in [9.17, 15) is 0 Å². The summed E-state index contributed by atoms with van der Waals surface area (Å²) in [7, 11) is 0. The van der Waals surface area contributed by atoms with Crippen molar-refractivity contribution in [1.82, 2.24) is 9.13 Å². The van der Waals surface area contributed by atoms with Gasteiger partial charge in [-0.2, -0.15) is 0 Å². The van der Waals surface area contributed by atoms with Crippen LogP contribution in [0.1, 0.15) is 0 Å². The van der Waals surface area contributed by atoms with E-state index in [4.69, 9.17) is 0 Å². The van der Waals surface area contributed by atoms with E-state index in [0.29, 0.717) is 0 Å². The maximum atomic E-state index is 2.56. The Morgan fingerprint density at radius 1 is 0.288 bits per heavy atom. The summed E-state index contributed by atoms with van der Waals surface area (Å²) >= 11 is 0. The third-order valence-electron chi connectivity index (χ3n) is 11.4. The second-order valence-electron chi connectivity index (χ2n) is 14.1. The molecule has 0 aliphatic heterocycles. The summed E-state index contributed by atoms with van der Waals surface area (Å²) in [6, 6.07) is 67.2. The molecule has 0 atom stereocenters. The van der Waals surface area contributed by atoms with Gasteiger partial charge in [-0.15, -0.1) is 0 Å². The van der Waals surface area contributed by atoms with E-state index < -0.39 is 0 Å². The van der Waals surface area contributed by atoms with Crippen molar-refractivity contribution in [1.29, 1.82) is 0 Å². The number of nitrogens with zero attached hydrogens (tertiary/aromatic N) is 2. The Balaban J connectivity index is 1.25. The molecule has 12 rings (SSSR count). The number of benzene rings is 9. The lowest BCUT2D eigenvalue weighted by Gasteiger charge is -2.13. The normalized spacial score (nSPS) is 12.2. The molecule has 52 heavy (non-hydrogen) atoms. The zero-order valence-corrected chi connectivity index (χ0v) is 28.2. The summed E-state index contributed by atoms with van der Waals surface area (Å²) in [5.74, 6) is 0. The van der Waals surface area contributed by atoms with Crippen LogP contribution in [-0.4, -0.2) is 9.13 Å². The molecule has 2 heteroatoms. The molecule has 0 spiro atoms. The molecule has 0 saturated heterocycles. The minimum absolute atomic E-state index is 1.16. The fraction of sp³-hybridized carbons (Fsp3) is 0. The van der Waals surface area contributed by atoms with Gasteiger partial charge in [0.25, 0.3) is 0 Å². The number of rotatable bonds is 3. The predicted molar refractivity (Wildman–Crippen MR) is 220 cm³/mol. The first-order chi connectivity index (χ1) is 25.8. The molecule has 240 valence electrons. The molecule has 2 aromatic heterocycles. The molecule has 2 nitrogen and oxygen atoms in total. The van der Waals surface area contributed by atoms with Crippen LogP contribution in [0, 0.1) is 0 Å². The number of aromatic nitrogens is 2. The summed E-state index contributed by atoms with van der Waals surface area (Å²) in [4.78, 5) is 0. The third kappa shape index (κ3) is 3.68. The summed E-state index contributed by atoms with van der Waals surface area (Å²) in [6.07, 6.45) is 0. The summed E-state index contributed by atoms with van der Waals surface area (Å²) in [6.45, 7) is 0. The minimum Gasteiger partial charge on any atom is -0.309 e. The largest absolute Gasteiger partial charge is 0.309 e. The highest BCUT2D eigenvalue weighted by Gasteiger charge is 2.25. The number of fused-ring (bicyclic) bond motifs is 12. The van der Waals surface area contributed by atoms with Crippen molar-refractivity contribution >= 4 is 65.2 Å². The SMILES string of the molecule is c1ccc(-c2cccc(-n3c4ccccc4c4c3ccc3c5c6ccccc6ccc5n(-c5cc6c7c(cccc7c5)-c5ccccc5-6)c34)c2)cc1. The van der Waals surface area contributed by atoms with Gasteiger partial charge in [0.05, 0.1) is 22.1 Å². The second kappa shape index (κ2) is 10.3. The Bertz CT molecular complexity index is 3290. The number of hydrogen-bond acceptors (Lipinski definition) is 0. The Labute approximate surface area is 300 Å². The molecular weight excluding hydrogens is 629 g/mol. The second-order valence-corrected chi connectivity index (χ2v) is 14.1. The smallest absolute Gasteiger partial charge is 0.0641 e. The van der Waals surface area contributed by atoms with Crippen LogP contribution in [0.15, 0.2) is 182 Å². The van der Waals surface area contributed by atoms with Crippen molar-refractivity contribution in [2.24, 2.45) is 0 Å². The first kappa shape index (κ1) is 27.9. The molecule has 0 N–H and O–H groups in total. The van der Waals surface area contributed by atoms with E-state index in [1.807, 2.05) is 0 Å². The minimum atomic E-state index is 1.16. The van der Waals surface area contributed by atoms with Crippen LogP contribution in [0.4, 0.5) is 0 Å². The van der Waals surface area contributed by atoms with Crippen LogP contribution in [-0.2, 0) is 0 Å². The molecule has 1 aliphatic carbocycles. The Morgan fingerprint density at radius 3 is 1.87 bits per heavy atom. The molecule has 9 aromatic carbocycles. The van der Waals surface area contributed by atoms with Gasteiger partial charge < -0.3 is 9.13 Å². The van der Waals surface area contributed by atoms with Crippen molar-refractivity contribution in [2.45, 2.75) is 0 Å². The fourth-order valence-electron chi connectivity index (χ4n) is 9.26. The Kier molecular flexibility index (Phi) is 5.53. The van der Waals surface area contributed by atoms with Gasteiger partial charge in [-0.1, -0.05) is 140 Å². The van der Waals surface area contributed by atoms with Crippen molar-refractivity contribution in [3.05, 3.63) is 182 Å². The highest BCUT2D eigenvalue weighted by atomic mass is 15.0. The summed E-state index contributed by atoms with van der Waals surface area (Å²) < 4.78 is 5.01. The van der Waals surface area contributed by atoms with Crippen LogP contribution in [0.2, 0.25) is 0 Å². The molecule has 2 heterocycles. The first-order valence-electron chi connectivity index (χ1n) is 18.0. The van der Waals surface area contributed by atoms with Gasteiger partial charge in [0.15, 0.2) is 0 Å². The van der Waals surface area contributed by atoms with Gasteiger partial charge in [0.1, 0.15) is 0 Å². The Morgan fingerprint density at radius 2 is 0.962 bits per heavy atom. The average Bonchev–Trinajstić information content (AvgIpc) is 3.85. The van der Waals surface area contributed by atoms with Crippen LogP contribution >= 0.6 is 0 Å². The molecule has 0 unspecified atom stereocenters. The van der Waals surface area contributed by atoms with Crippen LogP contribution in [0.5, 0.6) is 0 Å². The van der Waals surface area contributed by atoms with Gasteiger partial charge in [0, 0.05) is 32.9 Å². The molecule has 0 radical (unpaired) electrons. The van der Waals surface area contributed by atoms with Gasteiger partial charge in [0.2, 0.25) is 0 Å². The van der Waals surface area contributed by atoms with Crippen LogP contribution in [0.25, 0.3) is 110 Å². The van der Waals surface area contributed by atoms with Crippen molar-refractivity contribution < 1.29 is 0 Å². The topological polar surface area (TPSA) is 9.86 Å². The summed E-state index contributed by atoms with van der Waals surface area (Å²) in [5, 5.41) is 10.2. The average molecular weight is 659 g/mol. The maximum Gasteiger partial charge on any atom is 0.0641 e. The van der Waals surface area contributed by atoms with Gasteiger partial charge in [-0.25, -0.2) is 0 Å². The molecule has 0 saturated carbocycles. The van der Waals surface area contributed by atoms with Crippen molar-refractivity contribution in [2.75, 3.05) is 0 Å². The molecule has 0 amide bonds. The summed E-state index contributed by atoms with van der Waals surface area (Å²) in [5.41, 5.74) is 14.9. The van der Waals surface area contributed by atoms with E-state index in [2.05, 4.69) is 191 Å². The molecule has 0 fully saturated rings. The van der Waals surface area contributed by atoms with E-state index in [1.165, 1.54) is 104 Å². The van der Waals surface area contributed by atoms with Crippen LogP contribution in [0.3, 0.4) is 0 Å². The molecular formula is C50H30N2. The number of para-hydroxylation sites is 1. The molecule has 0 bridgehead atoms. The van der Waals surface area contributed by atoms with E-state index in [-0.39, 0.29) is 0 Å². The zero-order chi connectivity index (χ0) is 33.9. The Hall–Kier alpha value is -6.90. The van der Waals surface area contributed by atoms with E-state index in [1.54, 1.807) is 0 Å². The highest BCUT2D eigenvalue weighted by molar-refractivity contribution is 6.30. The molecule has 1 aliphatic rings. The zero-order valence-electron chi connectivity index (χ0n) is 28.2. The van der Waals surface area contributed by atoms with Gasteiger partial charge in [-0.3, -0.25) is 0 Å². The van der Waals surface area contributed by atoms with Crippen molar-refractivity contribution in [3.8, 4) is 44.8 Å². The lowest BCUT2D eigenvalue weighted by atomic mass is 10.0. The fourth-order valence-corrected chi connectivity index (χ4v) is 9.26. The van der Waals surface area contributed by atoms with Gasteiger partial charge >= 0.3 is 0 Å².